The van der Waals surface area contributed by atoms with Gasteiger partial charge in [0.25, 0.3) is 11.8 Å². The molecule has 2 aliphatic heterocycles. The second-order valence-corrected chi connectivity index (χ2v) is 10.1. The van der Waals surface area contributed by atoms with Gasteiger partial charge in [-0.25, -0.2) is 0 Å². The van der Waals surface area contributed by atoms with Crippen LogP contribution in [0.25, 0.3) is 0 Å². The van der Waals surface area contributed by atoms with Crippen LogP contribution in [-0.2, 0) is 0 Å². The number of likely N-dealkylation sites (tertiary alicyclic amines) is 2. The summed E-state index contributed by atoms with van der Waals surface area (Å²) in [6.07, 6.45) is 7.58. The lowest BCUT2D eigenvalue weighted by Gasteiger charge is -2.40. The van der Waals surface area contributed by atoms with Crippen LogP contribution >= 0.6 is 11.3 Å². The number of amides is 2. The molecule has 8 nitrogen and oxygen atoms in total. The Morgan fingerprint density at radius 2 is 1.85 bits per heavy atom. The van der Waals surface area contributed by atoms with Gasteiger partial charge in [-0.15, -0.1) is 10.2 Å². The zero-order valence-corrected chi connectivity index (χ0v) is 20.2. The summed E-state index contributed by atoms with van der Waals surface area (Å²) in [7, 11) is 0. The number of nitrogens with one attached hydrogen (secondary N) is 2. The summed E-state index contributed by atoms with van der Waals surface area (Å²) in [5.41, 5.74) is 1.10. The molecule has 2 aromatic rings. The van der Waals surface area contributed by atoms with Crippen LogP contribution in [0, 0.1) is 6.92 Å². The summed E-state index contributed by atoms with van der Waals surface area (Å²) in [6, 6.07) is 7.74. The zero-order valence-electron chi connectivity index (χ0n) is 19.4. The van der Waals surface area contributed by atoms with E-state index in [0.29, 0.717) is 22.8 Å². The van der Waals surface area contributed by atoms with Gasteiger partial charge in [0.2, 0.25) is 5.01 Å². The normalized spacial score (nSPS) is 18.2. The number of hydrogen-bond acceptors (Lipinski definition) is 7. The van der Waals surface area contributed by atoms with Crippen molar-refractivity contribution in [1.82, 2.24) is 25.3 Å². The van der Waals surface area contributed by atoms with E-state index >= 15 is 0 Å². The Morgan fingerprint density at radius 1 is 1.06 bits per heavy atom. The molecule has 2 amide bonds. The molecule has 2 N–H and O–H groups in total. The molecule has 4 rings (SSSR count). The standard InChI is InChI=1S/C24H34N6O2S/c1-18-27-28-24(33-18)23(32)26-20-8-5-7-19(17-20)22(31)25-11-6-12-29-15-9-21(10-16-29)30-13-3-2-4-14-30/h5,7-8,17,21H,2-4,6,9-16H2,1H3,(H,25,31)(H,26,32). The Labute approximate surface area is 199 Å². The van der Waals surface area contributed by atoms with Crippen molar-refractivity contribution in [2.75, 3.05) is 44.6 Å². The SMILES string of the molecule is Cc1nnc(C(=O)Nc2cccc(C(=O)NCCCN3CCC(N4CCCCC4)CC3)c2)s1. The van der Waals surface area contributed by atoms with Crippen molar-refractivity contribution in [2.45, 2.75) is 51.5 Å². The summed E-state index contributed by atoms with van der Waals surface area (Å²) in [5, 5.41) is 14.6. The van der Waals surface area contributed by atoms with Crippen molar-refractivity contribution in [3.05, 3.63) is 39.8 Å². The van der Waals surface area contributed by atoms with Crippen LogP contribution in [0.4, 0.5) is 5.69 Å². The van der Waals surface area contributed by atoms with E-state index in [0.717, 1.165) is 37.1 Å². The number of piperidine rings is 2. The van der Waals surface area contributed by atoms with E-state index in [1.54, 1.807) is 31.2 Å². The fourth-order valence-electron chi connectivity index (χ4n) is 4.71. The second kappa shape index (κ2) is 11.7. The topological polar surface area (TPSA) is 90.5 Å². The van der Waals surface area contributed by atoms with Gasteiger partial charge in [-0.2, -0.15) is 0 Å². The number of carbonyl (C=O) groups excluding carboxylic acids is 2. The largest absolute Gasteiger partial charge is 0.352 e. The molecular formula is C24H34N6O2S. The molecule has 9 heteroatoms. The Bertz CT molecular complexity index is 935. The van der Waals surface area contributed by atoms with E-state index < -0.39 is 0 Å². The minimum atomic E-state index is -0.317. The molecule has 0 spiro atoms. The second-order valence-electron chi connectivity index (χ2n) is 8.94. The van der Waals surface area contributed by atoms with Gasteiger partial charge in [0, 0.05) is 23.8 Å². The summed E-state index contributed by atoms with van der Waals surface area (Å²) in [6.45, 7) is 8.34. The molecule has 1 aromatic carbocycles. The first-order valence-corrected chi connectivity index (χ1v) is 12.9. The van der Waals surface area contributed by atoms with Crippen LogP contribution in [0.15, 0.2) is 24.3 Å². The van der Waals surface area contributed by atoms with Crippen molar-refractivity contribution in [3.8, 4) is 0 Å². The van der Waals surface area contributed by atoms with Crippen LogP contribution in [0.3, 0.4) is 0 Å². The molecule has 2 aliphatic rings. The number of carbonyl (C=O) groups is 2. The van der Waals surface area contributed by atoms with Gasteiger partial charge in [-0.1, -0.05) is 23.8 Å². The molecule has 0 bridgehead atoms. The Balaban J connectivity index is 1.16. The van der Waals surface area contributed by atoms with Crippen molar-refractivity contribution in [1.29, 1.82) is 0 Å². The van der Waals surface area contributed by atoms with Gasteiger partial charge < -0.3 is 20.4 Å². The third-order valence-corrected chi connectivity index (χ3v) is 7.34. The van der Waals surface area contributed by atoms with Crippen LogP contribution in [0.1, 0.15) is 63.7 Å². The molecule has 2 saturated heterocycles. The molecule has 0 aliphatic carbocycles. The highest BCUT2D eigenvalue weighted by Gasteiger charge is 2.25. The van der Waals surface area contributed by atoms with Crippen LogP contribution in [0.5, 0.6) is 0 Å². The van der Waals surface area contributed by atoms with Crippen molar-refractivity contribution >= 4 is 28.8 Å². The quantitative estimate of drug-likeness (QED) is 0.576. The predicted molar refractivity (Wildman–Crippen MR) is 131 cm³/mol. The van der Waals surface area contributed by atoms with Crippen LogP contribution in [0.2, 0.25) is 0 Å². The van der Waals surface area contributed by atoms with Crippen molar-refractivity contribution < 1.29 is 9.59 Å². The number of aryl methyl sites for hydroxylation is 1. The maximum atomic E-state index is 12.6. The van der Waals surface area contributed by atoms with Gasteiger partial charge in [0.1, 0.15) is 5.01 Å². The number of rotatable bonds is 8. The van der Waals surface area contributed by atoms with Gasteiger partial charge in [0.15, 0.2) is 0 Å². The monoisotopic (exact) mass is 470 g/mol. The summed E-state index contributed by atoms with van der Waals surface area (Å²) in [4.78, 5) is 30.1. The molecule has 0 unspecified atom stereocenters. The smallest absolute Gasteiger partial charge is 0.286 e. The first kappa shape index (κ1) is 23.8. The molecule has 3 heterocycles. The zero-order chi connectivity index (χ0) is 23.0. The third-order valence-electron chi connectivity index (χ3n) is 6.50. The highest BCUT2D eigenvalue weighted by Crippen LogP contribution is 2.21. The minimum absolute atomic E-state index is 0.123. The van der Waals surface area contributed by atoms with Crippen molar-refractivity contribution in [3.63, 3.8) is 0 Å². The van der Waals surface area contributed by atoms with E-state index in [-0.39, 0.29) is 11.8 Å². The highest BCUT2D eigenvalue weighted by molar-refractivity contribution is 7.13. The molecule has 0 saturated carbocycles. The molecule has 1 aromatic heterocycles. The molecular weight excluding hydrogens is 436 g/mol. The average Bonchev–Trinajstić information content (AvgIpc) is 3.29. The van der Waals surface area contributed by atoms with Crippen LogP contribution in [-0.4, -0.2) is 77.1 Å². The minimum Gasteiger partial charge on any atom is -0.352 e. The van der Waals surface area contributed by atoms with Gasteiger partial charge >= 0.3 is 0 Å². The van der Waals surface area contributed by atoms with Gasteiger partial charge in [-0.3, -0.25) is 9.59 Å². The number of aromatic nitrogens is 2. The lowest BCUT2D eigenvalue weighted by Crippen LogP contribution is -2.47. The highest BCUT2D eigenvalue weighted by atomic mass is 32.1. The van der Waals surface area contributed by atoms with Gasteiger partial charge in [-0.05, 0) is 90.0 Å². The predicted octanol–water partition coefficient (Wildman–Crippen LogP) is 3.17. The molecule has 178 valence electrons. The van der Waals surface area contributed by atoms with E-state index in [9.17, 15) is 9.59 Å². The number of benzene rings is 1. The number of nitrogens with zero attached hydrogens (tertiary/aromatic N) is 4. The lowest BCUT2D eigenvalue weighted by molar-refractivity contribution is 0.0902. The summed E-state index contributed by atoms with van der Waals surface area (Å²) in [5.74, 6) is -0.441. The number of anilines is 1. The molecule has 0 radical (unpaired) electrons. The maximum absolute atomic E-state index is 12.6. The average molecular weight is 471 g/mol. The van der Waals surface area contributed by atoms with E-state index in [4.69, 9.17) is 0 Å². The van der Waals surface area contributed by atoms with Crippen molar-refractivity contribution in [2.24, 2.45) is 0 Å². The fraction of sp³-hybridized carbons (Fsp3) is 0.583. The van der Waals surface area contributed by atoms with E-state index in [2.05, 4.69) is 30.6 Å². The lowest BCUT2D eigenvalue weighted by atomic mass is 10.00. The number of hydrogen-bond donors (Lipinski definition) is 2. The Hall–Kier alpha value is -2.36. The molecule has 2 fully saturated rings. The maximum Gasteiger partial charge on any atom is 0.286 e. The van der Waals surface area contributed by atoms with E-state index in [1.807, 2.05) is 0 Å². The summed E-state index contributed by atoms with van der Waals surface area (Å²) < 4.78 is 0. The van der Waals surface area contributed by atoms with E-state index in [1.165, 1.54) is 56.5 Å². The first-order chi connectivity index (χ1) is 16.1. The third kappa shape index (κ3) is 6.82. The fourth-order valence-corrected chi connectivity index (χ4v) is 5.30. The molecule has 0 atom stereocenters. The molecule has 33 heavy (non-hydrogen) atoms. The Kier molecular flexibility index (Phi) is 8.41. The van der Waals surface area contributed by atoms with Gasteiger partial charge in [0.05, 0.1) is 0 Å². The Morgan fingerprint density at radius 3 is 2.58 bits per heavy atom. The van der Waals surface area contributed by atoms with Crippen LogP contribution < -0.4 is 10.6 Å². The summed E-state index contributed by atoms with van der Waals surface area (Å²) >= 11 is 1.24. The first-order valence-electron chi connectivity index (χ1n) is 12.0.